The second kappa shape index (κ2) is 8.57. The smallest absolute Gasteiger partial charge is 0.195 e. The number of rotatable bonds is 5. The van der Waals surface area contributed by atoms with Crippen LogP contribution in [-0.2, 0) is 0 Å². The molecule has 2 aliphatic carbocycles. The Balaban J connectivity index is 1.71. The minimum atomic E-state index is -0.588. The van der Waals surface area contributed by atoms with E-state index in [1.807, 2.05) is 0 Å². The summed E-state index contributed by atoms with van der Waals surface area (Å²) < 4.78 is 13.0. The average Bonchev–Trinajstić information content (AvgIpc) is 2.54. The fourth-order valence-corrected chi connectivity index (χ4v) is 4.47. The Morgan fingerprint density at radius 1 is 1.05 bits per heavy atom. The molecule has 0 amide bonds. The van der Waals surface area contributed by atoms with Crippen LogP contribution in [0.4, 0.5) is 4.39 Å². The first-order chi connectivity index (χ1) is 10.2. The van der Waals surface area contributed by atoms with Gasteiger partial charge in [-0.1, -0.05) is 39.0 Å². The summed E-state index contributed by atoms with van der Waals surface area (Å²) >= 11 is 0. The summed E-state index contributed by atoms with van der Waals surface area (Å²) in [5, 5.41) is 8.51. The molecule has 0 heterocycles. The molecule has 2 aliphatic rings. The maximum absolute atomic E-state index is 13.0. The fourth-order valence-electron chi connectivity index (χ4n) is 4.47. The maximum Gasteiger partial charge on any atom is 0.196 e. The third-order valence-corrected chi connectivity index (χ3v) is 5.83. The van der Waals surface area contributed by atoms with E-state index in [2.05, 4.69) is 6.92 Å². The maximum atomic E-state index is 13.0. The molecule has 0 atom stereocenters. The highest BCUT2D eigenvalue weighted by atomic mass is 19.1. The molecular weight excluding hydrogens is 261 g/mol. The quantitative estimate of drug-likeness (QED) is 0.556. The van der Waals surface area contributed by atoms with Gasteiger partial charge in [-0.05, 0) is 68.3 Å². The van der Waals surface area contributed by atoms with Crippen LogP contribution >= 0.6 is 0 Å². The summed E-state index contributed by atoms with van der Waals surface area (Å²) in [6.45, 7) is 2.29. The van der Waals surface area contributed by atoms with Crippen LogP contribution < -0.4 is 0 Å². The van der Waals surface area contributed by atoms with Gasteiger partial charge < -0.3 is 0 Å². The number of hydrogen-bond acceptors (Lipinski definition) is 1. The third-order valence-electron chi connectivity index (χ3n) is 5.83. The molecule has 0 aromatic rings. The Morgan fingerprint density at radius 2 is 1.62 bits per heavy atom. The standard InChI is InChI=1S/C19H30FN/c1-2-3-4-15-5-9-17(10-6-15)18-11-7-16(8-12-18)13-19(20)14-21/h13,15-18H,2-12H2,1H3/t15-,16?,17-,18?. The summed E-state index contributed by atoms with van der Waals surface area (Å²) in [4.78, 5) is 0. The van der Waals surface area contributed by atoms with Crippen molar-refractivity contribution >= 4 is 0 Å². The van der Waals surface area contributed by atoms with Gasteiger partial charge in [-0.3, -0.25) is 0 Å². The van der Waals surface area contributed by atoms with E-state index in [0.717, 1.165) is 30.6 Å². The van der Waals surface area contributed by atoms with Crippen molar-refractivity contribution in [3.8, 4) is 6.07 Å². The fraction of sp³-hybridized carbons (Fsp3) is 0.842. The Hall–Kier alpha value is -0.840. The Morgan fingerprint density at radius 3 is 2.14 bits per heavy atom. The largest absolute Gasteiger partial charge is 0.196 e. The van der Waals surface area contributed by atoms with Gasteiger partial charge in [-0.2, -0.15) is 9.65 Å². The molecule has 0 spiro atoms. The monoisotopic (exact) mass is 291 g/mol. The average molecular weight is 291 g/mol. The molecule has 2 heteroatoms. The topological polar surface area (TPSA) is 23.8 Å². The van der Waals surface area contributed by atoms with Crippen molar-refractivity contribution in [2.24, 2.45) is 23.7 Å². The Labute approximate surface area is 129 Å². The molecule has 0 aliphatic heterocycles. The van der Waals surface area contributed by atoms with Gasteiger partial charge in [-0.25, -0.2) is 0 Å². The van der Waals surface area contributed by atoms with Crippen molar-refractivity contribution in [3.05, 3.63) is 11.9 Å². The number of nitriles is 1. The van der Waals surface area contributed by atoms with Crippen molar-refractivity contribution < 1.29 is 4.39 Å². The molecule has 0 unspecified atom stereocenters. The zero-order valence-electron chi connectivity index (χ0n) is 13.5. The van der Waals surface area contributed by atoms with Gasteiger partial charge in [0.1, 0.15) is 6.07 Å². The summed E-state index contributed by atoms with van der Waals surface area (Å²) in [5.41, 5.74) is 0. The van der Waals surface area contributed by atoms with Crippen LogP contribution in [0.2, 0.25) is 0 Å². The molecule has 0 saturated heterocycles. The molecule has 0 radical (unpaired) electrons. The second-order valence-corrected chi connectivity index (χ2v) is 7.22. The van der Waals surface area contributed by atoms with E-state index in [1.165, 1.54) is 57.8 Å². The predicted octanol–water partition coefficient (Wildman–Crippen LogP) is 6.17. The van der Waals surface area contributed by atoms with Crippen LogP contribution in [-0.4, -0.2) is 0 Å². The molecule has 1 nitrogen and oxygen atoms in total. The van der Waals surface area contributed by atoms with Gasteiger partial charge in [0.25, 0.3) is 0 Å². The van der Waals surface area contributed by atoms with E-state index in [4.69, 9.17) is 5.26 Å². The SMILES string of the molecule is CCCC[C@H]1CC[C@H](C2CCC(C=C(F)C#N)CC2)CC1. The van der Waals surface area contributed by atoms with Gasteiger partial charge in [0.15, 0.2) is 5.83 Å². The summed E-state index contributed by atoms with van der Waals surface area (Å²) in [7, 11) is 0. The van der Waals surface area contributed by atoms with E-state index in [1.54, 1.807) is 12.1 Å². The number of unbranched alkanes of at least 4 members (excludes halogenated alkanes) is 1. The molecule has 2 fully saturated rings. The molecule has 0 aromatic heterocycles. The van der Waals surface area contributed by atoms with E-state index < -0.39 is 5.83 Å². The van der Waals surface area contributed by atoms with E-state index in [-0.39, 0.29) is 0 Å². The highest BCUT2D eigenvalue weighted by molar-refractivity contribution is 5.13. The number of halogens is 1. The number of allylic oxidation sites excluding steroid dienone is 2. The van der Waals surface area contributed by atoms with Gasteiger partial charge >= 0.3 is 0 Å². The highest BCUT2D eigenvalue weighted by Gasteiger charge is 2.30. The summed E-state index contributed by atoms with van der Waals surface area (Å²) in [6, 6.07) is 1.60. The van der Waals surface area contributed by atoms with Gasteiger partial charge in [0, 0.05) is 0 Å². The lowest BCUT2D eigenvalue weighted by atomic mass is 9.68. The van der Waals surface area contributed by atoms with Crippen LogP contribution in [0.1, 0.15) is 77.6 Å². The van der Waals surface area contributed by atoms with E-state index in [0.29, 0.717) is 5.92 Å². The van der Waals surface area contributed by atoms with Crippen LogP contribution in [0.3, 0.4) is 0 Å². The normalized spacial score (nSPS) is 34.4. The van der Waals surface area contributed by atoms with Crippen molar-refractivity contribution in [2.45, 2.75) is 77.6 Å². The molecule has 2 rings (SSSR count). The zero-order chi connectivity index (χ0) is 15.1. The minimum absolute atomic E-state index is 0.307. The van der Waals surface area contributed by atoms with Crippen LogP contribution in [0.5, 0.6) is 0 Å². The van der Waals surface area contributed by atoms with Crippen molar-refractivity contribution in [1.29, 1.82) is 5.26 Å². The first-order valence-corrected chi connectivity index (χ1v) is 9.00. The number of nitrogens with zero attached hydrogens (tertiary/aromatic N) is 1. The molecular formula is C19H30FN. The molecule has 0 bridgehead atoms. The Bertz CT molecular complexity index is 366. The zero-order valence-corrected chi connectivity index (χ0v) is 13.5. The molecule has 0 aromatic carbocycles. The molecule has 0 N–H and O–H groups in total. The highest BCUT2D eigenvalue weighted by Crippen LogP contribution is 2.42. The van der Waals surface area contributed by atoms with Crippen molar-refractivity contribution in [1.82, 2.24) is 0 Å². The van der Waals surface area contributed by atoms with Crippen molar-refractivity contribution in [2.75, 3.05) is 0 Å². The van der Waals surface area contributed by atoms with Gasteiger partial charge in [0.2, 0.25) is 0 Å². The molecule has 2 saturated carbocycles. The second-order valence-electron chi connectivity index (χ2n) is 7.22. The number of hydrogen-bond donors (Lipinski definition) is 0. The van der Waals surface area contributed by atoms with Crippen LogP contribution in [0.15, 0.2) is 11.9 Å². The van der Waals surface area contributed by atoms with Crippen LogP contribution in [0, 0.1) is 35.0 Å². The lowest BCUT2D eigenvalue weighted by Crippen LogP contribution is -2.25. The lowest BCUT2D eigenvalue weighted by molar-refractivity contribution is 0.151. The van der Waals surface area contributed by atoms with Gasteiger partial charge in [0.05, 0.1) is 0 Å². The lowest BCUT2D eigenvalue weighted by Gasteiger charge is -2.37. The molecule has 21 heavy (non-hydrogen) atoms. The van der Waals surface area contributed by atoms with Crippen molar-refractivity contribution in [3.63, 3.8) is 0 Å². The minimum Gasteiger partial charge on any atom is -0.195 e. The van der Waals surface area contributed by atoms with E-state index >= 15 is 0 Å². The predicted molar refractivity (Wildman–Crippen MR) is 85.2 cm³/mol. The first-order valence-electron chi connectivity index (χ1n) is 9.00. The Kier molecular flexibility index (Phi) is 6.74. The summed E-state index contributed by atoms with van der Waals surface area (Å²) in [5.74, 6) is 2.50. The first kappa shape index (κ1) is 16.5. The molecule has 118 valence electrons. The van der Waals surface area contributed by atoms with Gasteiger partial charge in [-0.15, -0.1) is 0 Å². The van der Waals surface area contributed by atoms with E-state index in [9.17, 15) is 4.39 Å². The summed E-state index contributed by atoms with van der Waals surface area (Å²) in [6.07, 6.45) is 16.1. The third kappa shape index (κ3) is 5.13. The van der Waals surface area contributed by atoms with Crippen LogP contribution in [0.25, 0.3) is 0 Å².